The van der Waals surface area contributed by atoms with Crippen LogP contribution in [0.15, 0.2) is 18.2 Å². The Labute approximate surface area is 116 Å². The van der Waals surface area contributed by atoms with Crippen LogP contribution in [0.5, 0.6) is 0 Å². The molecule has 0 amide bonds. The van der Waals surface area contributed by atoms with Crippen molar-refractivity contribution in [3.05, 3.63) is 28.8 Å². The van der Waals surface area contributed by atoms with Crippen molar-refractivity contribution in [2.75, 3.05) is 11.9 Å². The molecular formula is C15H25ClN2. The van der Waals surface area contributed by atoms with Crippen LogP contribution in [0, 0.1) is 0 Å². The monoisotopic (exact) mass is 268 g/mol. The molecule has 0 saturated carbocycles. The van der Waals surface area contributed by atoms with Crippen molar-refractivity contribution in [2.45, 2.75) is 52.7 Å². The molecule has 0 heterocycles. The summed E-state index contributed by atoms with van der Waals surface area (Å²) in [5, 5.41) is 4.29. The van der Waals surface area contributed by atoms with Gasteiger partial charge in [0.25, 0.3) is 0 Å². The van der Waals surface area contributed by atoms with Crippen LogP contribution >= 0.6 is 11.6 Å². The molecule has 2 nitrogen and oxygen atoms in total. The highest BCUT2D eigenvalue weighted by Crippen LogP contribution is 2.30. The van der Waals surface area contributed by atoms with Crippen molar-refractivity contribution >= 4 is 17.3 Å². The SMILES string of the molecule is CCC(C)N(C)c1c(Cl)cccc1CNC(C)C. The Kier molecular flexibility index (Phi) is 5.97. The van der Waals surface area contributed by atoms with Gasteiger partial charge in [0, 0.05) is 25.7 Å². The first-order valence-electron chi connectivity index (χ1n) is 6.71. The van der Waals surface area contributed by atoms with Crippen molar-refractivity contribution in [3.63, 3.8) is 0 Å². The number of nitrogens with one attached hydrogen (secondary N) is 1. The van der Waals surface area contributed by atoms with Crippen molar-refractivity contribution < 1.29 is 0 Å². The van der Waals surface area contributed by atoms with Gasteiger partial charge in [0.05, 0.1) is 10.7 Å². The first-order chi connectivity index (χ1) is 8.47. The number of benzene rings is 1. The lowest BCUT2D eigenvalue weighted by molar-refractivity contribution is 0.585. The lowest BCUT2D eigenvalue weighted by Crippen LogP contribution is -2.30. The summed E-state index contributed by atoms with van der Waals surface area (Å²) in [7, 11) is 2.12. The Balaban J connectivity index is 3.00. The van der Waals surface area contributed by atoms with Gasteiger partial charge in [-0.3, -0.25) is 0 Å². The number of hydrogen-bond acceptors (Lipinski definition) is 2. The Morgan fingerprint density at radius 2 is 1.94 bits per heavy atom. The summed E-state index contributed by atoms with van der Waals surface area (Å²) in [5.41, 5.74) is 2.42. The number of anilines is 1. The van der Waals surface area contributed by atoms with E-state index in [4.69, 9.17) is 11.6 Å². The van der Waals surface area contributed by atoms with Gasteiger partial charge in [-0.15, -0.1) is 0 Å². The van der Waals surface area contributed by atoms with Crippen LogP contribution in [0.25, 0.3) is 0 Å². The highest BCUT2D eigenvalue weighted by Gasteiger charge is 2.15. The zero-order valence-electron chi connectivity index (χ0n) is 12.1. The van der Waals surface area contributed by atoms with E-state index in [1.165, 1.54) is 5.56 Å². The Hall–Kier alpha value is -0.730. The van der Waals surface area contributed by atoms with Gasteiger partial charge in [-0.1, -0.05) is 44.5 Å². The first-order valence-corrected chi connectivity index (χ1v) is 7.08. The molecule has 0 saturated heterocycles. The lowest BCUT2D eigenvalue weighted by Gasteiger charge is -2.29. The number of rotatable bonds is 6. The molecule has 1 aromatic carbocycles. The Bertz CT molecular complexity index is 377. The van der Waals surface area contributed by atoms with Crippen molar-refractivity contribution in [1.29, 1.82) is 0 Å². The molecule has 1 atom stereocenters. The normalized spacial score (nSPS) is 12.8. The van der Waals surface area contributed by atoms with Gasteiger partial charge in [-0.05, 0) is 25.0 Å². The smallest absolute Gasteiger partial charge is 0.0642 e. The highest BCUT2D eigenvalue weighted by molar-refractivity contribution is 6.33. The van der Waals surface area contributed by atoms with E-state index in [1.54, 1.807) is 0 Å². The molecule has 0 bridgehead atoms. The summed E-state index contributed by atoms with van der Waals surface area (Å²) in [6.45, 7) is 9.59. The van der Waals surface area contributed by atoms with Crippen molar-refractivity contribution in [3.8, 4) is 0 Å². The molecule has 0 radical (unpaired) electrons. The number of para-hydroxylation sites is 1. The highest BCUT2D eigenvalue weighted by atomic mass is 35.5. The molecule has 1 aromatic rings. The van der Waals surface area contributed by atoms with Crippen LogP contribution in [0.4, 0.5) is 5.69 Å². The predicted molar refractivity (Wildman–Crippen MR) is 81.6 cm³/mol. The van der Waals surface area contributed by atoms with E-state index < -0.39 is 0 Å². The third kappa shape index (κ3) is 3.89. The van der Waals surface area contributed by atoms with E-state index in [9.17, 15) is 0 Å². The number of halogens is 1. The molecule has 0 aliphatic heterocycles. The van der Waals surface area contributed by atoms with E-state index in [-0.39, 0.29) is 0 Å². The summed E-state index contributed by atoms with van der Waals surface area (Å²) >= 11 is 6.37. The molecule has 1 N–H and O–H groups in total. The number of hydrogen-bond donors (Lipinski definition) is 1. The standard InChI is InChI=1S/C15H25ClN2/c1-6-12(4)18(5)15-13(10-17-11(2)3)8-7-9-14(15)16/h7-9,11-12,17H,6,10H2,1-5H3. The molecule has 102 valence electrons. The Morgan fingerprint density at radius 3 is 2.50 bits per heavy atom. The van der Waals surface area contributed by atoms with Crippen LogP contribution in [0.2, 0.25) is 5.02 Å². The molecule has 0 aromatic heterocycles. The van der Waals surface area contributed by atoms with Gasteiger partial charge in [-0.2, -0.15) is 0 Å². The minimum atomic E-state index is 0.478. The molecule has 0 aliphatic carbocycles. The second kappa shape index (κ2) is 7.01. The summed E-state index contributed by atoms with van der Waals surface area (Å²) in [6.07, 6.45) is 1.11. The van der Waals surface area contributed by atoms with Crippen molar-refractivity contribution in [2.24, 2.45) is 0 Å². The topological polar surface area (TPSA) is 15.3 Å². The Morgan fingerprint density at radius 1 is 1.28 bits per heavy atom. The summed E-state index contributed by atoms with van der Waals surface area (Å²) < 4.78 is 0. The molecule has 1 unspecified atom stereocenters. The van der Waals surface area contributed by atoms with E-state index in [0.29, 0.717) is 12.1 Å². The van der Waals surface area contributed by atoms with Gasteiger partial charge in [-0.25, -0.2) is 0 Å². The van der Waals surface area contributed by atoms with Crippen LogP contribution in [-0.2, 0) is 6.54 Å². The summed E-state index contributed by atoms with van der Waals surface area (Å²) in [6, 6.07) is 7.10. The maximum Gasteiger partial charge on any atom is 0.0642 e. The second-order valence-corrected chi connectivity index (χ2v) is 5.56. The molecule has 1 rings (SSSR count). The largest absolute Gasteiger partial charge is 0.370 e. The minimum absolute atomic E-state index is 0.478. The fourth-order valence-corrected chi connectivity index (χ4v) is 2.23. The lowest BCUT2D eigenvalue weighted by atomic mass is 10.1. The minimum Gasteiger partial charge on any atom is -0.370 e. The van der Waals surface area contributed by atoms with Gasteiger partial charge in [0.15, 0.2) is 0 Å². The number of nitrogens with zero attached hydrogens (tertiary/aromatic N) is 1. The van der Waals surface area contributed by atoms with Crippen LogP contribution in [-0.4, -0.2) is 19.1 Å². The molecule has 18 heavy (non-hydrogen) atoms. The predicted octanol–water partition coefficient (Wildman–Crippen LogP) is 4.07. The summed E-state index contributed by atoms with van der Waals surface area (Å²) in [5.74, 6) is 0. The van der Waals surface area contributed by atoms with E-state index >= 15 is 0 Å². The third-order valence-electron chi connectivity index (χ3n) is 3.38. The van der Waals surface area contributed by atoms with E-state index in [0.717, 1.165) is 23.7 Å². The maximum absolute atomic E-state index is 6.37. The van der Waals surface area contributed by atoms with Crippen LogP contribution in [0.3, 0.4) is 0 Å². The van der Waals surface area contributed by atoms with E-state index in [2.05, 4.69) is 51.0 Å². The maximum atomic E-state index is 6.37. The molecular weight excluding hydrogens is 244 g/mol. The zero-order chi connectivity index (χ0) is 13.7. The molecule has 0 aliphatic rings. The molecule has 3 heteroatoms. The van der Waals surface area contributed by atoms with Crippen LogP contribution in [0.1, 0.15) is 39.7 Å². The van der Waals surface area contributed by atoms with Crippen molar-refractivity contribution in [1.82, 2.24) is 5.32 Å². The van der Waals surface area contributed by atoms with Gasteiger partial charge >= 0.3 is 0 Å². The first kappa shape index (κ1) is 15.3. The summed E-state index contributed by atoms with van der Waals surface area (Å²) in [4.78, 5) is 2.28. The zero-order valence-corrected chi connectivity index (χ0v) is 12.9. The second-order valence-electron chi connectivity index (χ2n) is 5.15. The fourth-order valence-electron chi connectivity index (χ4n) is 1.91. The molecule has 0 spiro atoms. The third-order valence-corrected chi connectivity index (χ3v) is 3.68. The average Bonchev–Trinajstić information content (AvgIpc) is 2.34. The van der Waals surface area contributed by atoms with Crippen LogP contribution < -0.4 is 10.2 Å². The van der Waals surface area contributed by atoms with Gasteiger partial charge < -0.3 is 10.2 Å². The average molecular weight is 269 g/mol. The van der Waals surface area contributed by atoms with Gasteiger partial charge in [0.1, 0.15) is 0 Å². The fraction of sp³-hybridized carbons (Fsp3) is 0.600. The van der Waals surface area contributed by atoms with E-state index in [1.807, 2.05) is 12.1 Å². The van der Waals surface area contributed by atoms with Gasteiger partial charge in [0.2, 0.25) is 0 Å². The quantitative estimate of drug-likeness (QED) is 0.837. The molecule has 0 fully saturated rings.